The van der Waals surface area contributed by atoms with Crippen LogP contribution in [0.25, 0.3) is 0 Å². The van der Waals surface area contributed by atoms with Gasteiger partial charge in [-0.3, -0.25) is 4.79 Å². The molecule has 0 aromatic carbocycles. The second-order valence-corrected chi connectivity index (χ2v) is 4.98. The predicted octanol–water partition coefficient (Wildman–Crippen LogP) is 2.12. The molecule has 1 N–H and O–H groups in total. The molecule has 0 aromatic rings. The highest BCUT2D eigenvalue weighted by molar-refractivity contribution is 5.85. The Balaban J connectivity index is 4.31. The summed E-state index contributed by atoms with van der Waals surface area (Å²) in [6.45, 7) is 10.6. The second kappa shape index (κ2) is 5.14. The van der Waals surface area contributed by atoms with E-state index < -0.39 is 17.7 Å². The smallest absolute Gasteiger partial charge is 0.408 e. The quantitative estimate of drug-likeness (QED) is 0.784. The minimum Gasteiger partial charge on any atom is -0.444 e. The van der Waals surface area contributed by atoms with Crippen LogP contribution in [0.4, 0.5) is 4.79 Å². The number of Topliss-reactive ketones (excluding diaryl/α,β-unsaturated/α-hetero) is 1. The van der Waals surface area contributed by atoms with Crippen LogP contribution in [0.5, 0.6) is 0 Å². The van der Waals surface area contributed by atoms with Crippen LogP contribution in [0.15, 0.2) is 0 Å². The SMILES string of the molecule is CC(=O)C(NC(=O)OC(C)(C)C)C(C)C. The first-order valence-electron chi connectivity index (χ1n) is 5.13. The number of nitrogens with one attached hydrogen (secondary N) is 1. The molecule has 0 aliphatic carbocycles. The number of rotatable bonds is 3. The highest BCUT2D eigenvalue weighted by atomic mass is 16.6. The van der Waals surface area contributed by atoms with Crippen LogP contribution in [0.3, 0.4) is 0 Å². The first-order valence-corrected chi connectivity index (χ1v) is 5.13. The molecule has 1 amide bonds. The number of ketones is 1. The number of ether oxygens (including phenoxy) is 1. The van der Waals surface area contributed by atoms with Gasteiger partial charge in [-0.1, -0.05) is 13.8 Å². The Morgan fingerprint density at radius 1 is 1.20 bits per heavy atom. The normalized spacial score (nSPS) is 13.5. The second-order valence-electron chi connectivity index (χ2n) is 4.98. The molecule has 0 radical (unpaired) electrons. The zero-order chi connectivity index (χ0) is 12.2. The standard InChI is InChI=1S/C11H21NO3/c1-7(2)9(8(3)13)12-10(14)15-11(4,5)6/h7,9H,1-6H3,(H,12,14). The van der Waals surface area contributed by atoms with Crippen LogP contribution in [0, 0.1) is 5.92 Å². The number of alkyl carbamates (subject to hydrolysis) is 1. The molecule has 0 aliphatic heterocycles. The molecule has 4 heteroatoms. The third kappa shape index (κ3) is 6.10. The first kappa shape index (κ1) is 13.9. The lowest BCUT2D eigenvalue weighted by Gasteiger charge is -2.24. The maximum atomic E-state index is 11.4. The zero-order valence-corrected chi connectivity index (χ0v) is 10.4. The average Bonchev–Trinajstić information content (AvgIpc) is 1.95. The summed E-state index contributed by atoms with van der Waals surface area (Å²) in [5, 5.41) is 2.56. The van der Waals surface area contributed by atoms with Crippen LogP contribution in [0.1, 0.15) is 41.5 Å². The Morgan fingerprint density at radius 2 is 1.67 bits per heavy atom. The molecule has 0 fully saturated rings. The molecule has 0 bridgehead atoms. The molecule has 1 unspecified atom stereocenters. The van der Waals surface area contributed by atoms with Crippen molar-refractivity contribution >= 4 is 11.9 Å². The Kier molecular flexibility index (Phi) is 4.78. The van der Waals surface area contributed by atoms with E-state index in [0.717, 1.165) is 0 Å². The molecule has 0 rings (SSSR count). The molecule has 0 saturated heterocycles. The van der Waals surface area contributed by atoms with E-state index in [4.69, 9.17) is 4.74 Å². The Hall–Kier alpha value is -1.06. The van der Waals surface area contributed by atoms with Gasteiger partial charge >= 0.3 is 6.09 Å². The van der Waals surface area contributed by atoms with E-state index in [1.54, 1.807) is 20.8 Å². The molecule has 88 valence electrons. The van der Waals surface area contributed by atoms with Gasteiger partial charge in [-0.15, -0.1) is 0 Å². The van der Waals surface area contributed by atoms with Gasteiger partial charge in [0.2, 0.25) is 0 Å². The monoisotopic (exact) mass is 215 g/mol. The Bertz CT molecular complexity index is 241. The Labute approximate surface area is 91.4 Å². The lowest BCUT2D eigenvalue weighted by Crippen LogP contribution is -2.45. The van der Waals surface area contributed by atoms with Gasteiger partial charge in [0.1, 0.15) is 5.60 Å². The van der Waals surface area contributed by atoms with Crippen LogP contribution in [0.2, 0.25) is 0 Å². The van der Waals surface area contributed by atoms with Crippen LogP contribution in [-0.2, 0) is 9.53 Å². The minimum absolute atomic E-state index is 0.0594. The van der Waals surface area contributed by atoms with E-state index in [1.165, 1.54) is 6.92 Å². The van der Waals surface area contributed by atoms with Gasteiger partial charge in [-0.25, -0.2) is 4.79 Å². The molecule has 15 heavy (non-hydrogen) atoms. The Morgan fingerprint density at radius 3 is 1.93 bits per heavy atom. The summed E-state index contributed by atoms with van der Waals surface area (Å²) in [6.07, 6.45) is -0.545. The van der Waals surface area contributed by atoms with Crippen LogP contribution >= 0.6 is 0 Å². The molecular weight excluding hydrogens is 194 g/mol. The van der Waals surface area contributed by atoms with Gasteiger partial charge in [0.25, 0.3) is 0 Å². The average molecular weight is 215 g/mol. The van der Waals surface area contributed by atoms with Crippen molar-refractivity contribution in [2.45, 2.75) is 53.2 Å². The van der Waals surface area contributed by atoms with Gasteiger partial charge in [0, 0.05) is 0 Å². The van der Waals surface area contributed by atoms with Crippen molar-refractivity contribution in [2.24, 2.45) is 5.92 Å². The molecule has 1 atom stereocenters. The summed E-state index contributed by atoms with van der Waals surface area (Å²) >= 11 is 0. The third-order valence-corrected chi connectivity index (χ3v) is 1.78. The summed E-state index contributed by atoms with van der Waals surface area (Å²) in [5.41, 5.74) is -0.539. The maximum absolute atomic E-state index is 11.4. The largest absolute Gasteiger partial charge is 0.444 e. The lowest BCUT2D eigenvalue weighted by atomic mass is 10.0. The van der Waals surface area contributed by atoms with Crippen molar-refractivity contribution < 1.29 is 14.3 Å². The van der Waals surface area contributed by atoms with Gasteiger partial charge in [0.15, 0.2) is 5.78 Å². The predicted molar refractivity (Wildman–Crippen MR) is 58.7 cm³/mol. The minimum atomic E-state index is -0.545. The van der Waals surface area contributed by atoms with Gasteiger partial charge in [0.05, 0.1) is 6.04 Å². The number of amides is 1. The van der Waals surface area contributed by atoms with Gasteiger partial charge in [-0.2, -0.15) is 0 Å². The van der Waals surface area contributed by atoms with E-state index in [2.05, 4.69) is 5.32 Å². The van der Waals surface area contributed by atoms with Crippen LogP contribution < -0.4 is 5.32 Å². The van der Waals surface area contributed by atoms with E-state index in [0.29, 0.717) is 0 Å². The van der Waals surface area contributed by atoms with Gasteiger partial charge in [-0.05, 0) is 33.6 Å². The summed E-state index contributed by atoms with van der Waals surface area (Å²) in [7, 11) is 0. The molecule has 0 spiro atoms. The van der Waals surface area contributed by atoms with E-state index in [9.17, 15) is 9.59 Å². The zero-order valence-electron chi connectivity index (χ0n) is 10.4. The van der Waals surface area contributed by atoms with Crippen molar-refractivity contribution in [2.75, 3.05) is 0 Å². The fourth-order valence-electron chi connectivity index (χ4n) is 1.17. The molecular formula is C11H21NO3. The van der Waals surface area contributed by atoms with Crippen molar-refractivity contribution in [3.05, 3.63) is 0 Å². The number of hydrogen-bond acceptors (Lipinski definition) is 3. The maximum Gasteiger partial charge on any atom is 0.408 e. The molecule has 0 aliphatic rings. The van der Waals surface area contributed by atoms with Crippen molar-refractivity contribution in [3.8, 4) is 0 Å². The van der Waals surface area contributed by atoms with Crippen molar-refractivity contribution in [1.29, 1.82) is 0 Å². The van der Waals surface area contributed by atoms with E-state index in [1.807, 2.05) is 13.8 Å². The summed E-state index contributed by atoms with van der Waals surface area (Å²) in [5.74, 6) is 0.00544. The van der Waals surface area contributed by atoms with Crippen molar-refractivity contribution in [1.82, 2.24) is 5.32 Å². The van der Waals surface area contributed by atoms with Crippen LogP contribution in [-0.4, -0.2) is 23.5 Å². The molecule has 0 aromatic heterocycles. The number of carbonyl (C=O) groups excluding carboxylic acids is 2. The third-order valence-electron chi connectivity index (χ3n) is 1.78. The topological polar surface area (TPSA) is 55.4 Å². The number of carbonyl (C=O) groups is 2. The number of hydrogen-bond donors (Lipinski definition) is 1. The summed E-state index contributed by atoms with van der Waals surface area (Å²) in [6, 6.07) is -0.472. The molecule has 4 nitrogen and oxygen atoms in total. The fourth-order valence-corrected chi connectivity index (χ4v) is 1.17. The lowest BCUT2D eigenvalue weighted by molar-refractivity contribution is -0.120. The van der Waals surface area contributed by atoms with Gasteiger partial charge < -0.3 is 10.1 Å². The fraction of sp³-hybridized carbons (Fsp3) is 0.818. The van der Waals surface area contributed by atoms with E-state index >= 15 is 0 Å². The first-order chi connectivity index (χ1) is 6.63. The highest BCUT2D eigenvalue weighted by Gasteiger charge is 2.23. The van der Waals surface area contributed by atoms with E-state index in [-0.39, 0.29) is 11.7 Å². The summed E-state index contributed by atoms with van der Waals surface area (Å²) in [4.78, 5) is 22.6. The van der Waals surface area contributed by atoms with Crippen molar-refractivity contribution in [3.63, 3.8) is 0 Å². The summed E-state index contributed by atoms with van der Waals surface area (Å²) < 4.78 is 5.07. The molecule has 0 saturated carbocycles. The molecule has 0 heterocycles. The highest BCUT2D eigenvalue weighted by Crippen LogP contribution is 2.08.